The SMILES string of the molecule is C=CCn1nc(C(=O)OCC)c2c1CCN(C(=O)C1CC(=O)N(Cc3cccnc3)C1)C2. The molecule has 1 atom stereocenters. The second-order valence-corrected chi connectivity index (χ2v) is 8.01. The van der Waals surface area contributed by atoms with Gasteiger partial charge in [0.05, 0.1) is 19.1 Å². The third-order valence-electron chi connectivity index (χ3n) is 5.88. The number of hydrogen-bond donors (Lipinski definition) is 0. The number of carbonyl (C=O) groups is 3. The van der Waals surface area contributed by atoms with Crippen LogP contribution in [-0.2, 0) is 40.4 Å². The van der Waals surface area contributed by atoms with Crippen LogP contribution >= 0.6 is 0 Å². The maximum Gasteiger partial charge on any atom is 0.359 e. The molecule has 1 unspecified atom stereocenters. The van der Waals surface area contributed by atoms with Crippen molar-refractivity contribution in [3.8, 4) is 0 Å². The van der Waals surface area contributed by atoms with Gasteiger partial charge in [-0.2, -0.15) is 5.10 Å². The van der Waals surface area contributed by atoms with Gasteiger partial charge in [-0.05, 0) is 18.6 Å². The summed E-state index contributed by atoms with van der Waals surface area (Å²) < 4.78 is 6.92. The summed E-state index contributed by atoms with van der Waals surface area (Å²) in [6.07, 6.45) is 5.92. The van der Waals surface area contributed by atoms with Crippen LogP contribution in [0.1, 0.15) is 40.7 Å². The van der Waals surface area contributed by atoms with E-state index in [1.54, 1.807) is 39.9 Å². The Balaban J connectivity index is 1.48. The van der Waals surface area contributed by atoms with Gasteiger partial charge in [0.2, 0.25) is 11.8 Å². The number of ether oxygens (including phenoxy) is 1. The highest BCUT2D eigenvalue weighted by atomic mass is 16.5. The molecule has 0 spiro atoms. The van der Waals surface area contributed by atoms with Crippen molar-refractivity contribution in [2.45, 2.75) is 39.4 Å². The van der Waals surface area contributed by atoms with E-state index in [-0.39, 0.29) is 37.1 Å². The number of carbonyl (C=O) groups excluding carboxylic acids is 3. The zero-order valence-electron chi connectivity index (χ0n) is 18.2. The number of pyridine rings is 1. The van der Waals surface area contributed by atoms with Gasteiger partial charge in [-0.3, -0.25) is 19.3 Å². The van der Waals surface area contributed by atoms with E-state index in [2.05, 4.69) is 16.7 Å². The lowest BCUT2D eigenvalue weighted by atomic mass is 10.0. The van der Waals surface area contributed by atoms with E-state index in [1.807, 2.05) is 12.1 Å². The Morgan fingerprint density at radius 1 is 1.38 bits per heavy atom. The maximum atomic E-state index is 13.3. The van der Waals surface area contributed by atoms with Crippen LogP contribution in [0.2, 0.25) is 0 Å². The van der Waals surface area contributed by atoms with Crippen LogP contribution in [0.5, 0.6) is 0 Å². The zero-order chi connectivity index (χ0) is 22.7. The molecule has 1 saturated heterocycles. The fraction of sp³-hybridized carbons (Fsp3) is 0.435. The Morgan fingerprint density at radius 2 is 2.22 bits per heavy atom. The Hall–Kier alpha value is -3.49. The van der Waals surface area contributed by atoms with Gasteiger partial charge in [0.15, 0.2) is 5.69 Å². The molecule has 2 aromatic rings. The Labute approximate surface area is 186 Å². The average Bonchev–Trinajstić information content (AvgIpc) is 3.34. The van der Waals surface area contributed by atoms with Gasteiger partial charge >= 0.3 is 5.97 Å². The summed E-state index contributed by atoms with van der Waals surface area (Å²) in [5.74, 6) is -0.977. The molecule has 0 aliphatic carbocycles. The lowest BCUT2D eigenvalue weighted by Crippen LogP contribution is -2.41. The van der Waals surface area contributed by atoms with Crippen molar-refractivity contribution in [3.63, 3.8) is 0 Å². The van der Waals surface area contributed by atoms with Crippen molar-refractivity contribution in [2.75, 3.05) is 19.7 Å². The minimum atomic E-state index is -0.487. The third kappa shape index (κ3) is 4.28. The van der Waals surface area contributed by atoms with Crippen LogP contribution < -0.4 is 0 Å². The smallest absolute Gasteiger partial charge is 0.359 e. The lowest BCUT2D eigenvalue weighted by molar-refractivity contribution is -0.136. The van der Waals surface area contributed by atoms with Crippen LogP contribution in [0.15, 0.2) is 37.2 Å². The summed E-state index contributed by atoms with van der Waals surface area (Å²) in [5.41, 5.74) is 2.84. The minimum Gasteiger partial charge on any atom is -0.461 e. The first-order valence-electron chi connectivity index (χ1n) is 10.8. The predicted molar refractivity (Wildman–Crippen MR) is 115 cm³/mol. The molecule has 168 valence electrons. The van der Waals surface area contributed by atoms with Gasteiger partial charge in [-0.1, -0.05) is 12.1 Å². The summed E-state index contributed by atoms with van der Waals surface area (Å²) in [7, 11) is 0. The molecule has 4 rings (SSSR count). The van der Waals surface area contributed by atoms with Gasteiger partial charge in [0, 0.05) is 62.7 Å². The van der Waals surface area contributed by atoms with Gasteiger partial charge in [-0.15, -0.1) is 6.58 Å². The van der Waals surface area contributed by atoms with E-state index >= 15 is 0 Å². The molecular weight excluding hydrogens is 410 g/mol. The number of esters is 1. The molecule has 32 heavy (non-hydrogen) atoms. The number of rotatable bonds is 7. The number of likely N-dealkylation sites (tertiary alicyclic amines) is 1. The molecule has 2 amide bonds. The maximum absolute atomic E-state index is 13.3. The zero-order valence-corrected chi connectivity index (χ0v) is 18.2. The van der Waals surface area contributed by atoms with Crippen LogP contribution in [0.3, 0.4) is 0 Å². The highest BCUT2D eigenvalue weighted by molar-refractivity contribution is 5.91. The number of fused-ring (bicyclic) bond motifs is 1. The number of allylic oxidation sites excluding steroid dienone is 1. The summed E-state index contributed by atoms with van der Waals surface area (Å²) >= 11 is 0. The molecule has 0 saturated carbocycles. The molecule has 1 fully saturated rings. The summed E-state index contributed by atoms with van der Waals surface area (Å²) in [4.78, 5) is 45.8. The average molecular weight is 438 g/mol. The molecule has 4 heterocycles. The van der Waals surface area contributed by atoms with Crippen molar-refractivity contribution < 1.29 is 19.1 Å². The second kappa shape index (κ2) is 9.33. The fourth-order valence-electron chi connectivity index (χ4n) is 4.38. The second-order valence-electron chi connectivity index (χ2n) is 8.01. The van der Waals surface area contributed by atoms with Crippen molar-refractivity contribution in [1.29, 1.82) is 0 Å². The van der Waals surface area contributed by atoms with Gasteiger partial charge in [-0.25, -0.2) is 4.79 Å². The number of amides is 2. The normalized spacial score (nSPS) is 17.9. The largest absolute Gasteiger partial charge is 0.461 e. The molecule has 9 heteroatoms. The standard InChI is InChI=1S/C23H27N5O4/c1-3-9-28-19-7-10-26(15-18(19)21(25-28)23(31)32-4-2)22(30)17-11-20(29)27(14-17)13-16-6-5-8-24-12-16/h3,5-6,8,12,17H,1,4,7,9-11,13-15H2,2H3. The van der Waals surface area contributed by atoms with E-state index in [0.717, 1.165) is 16.8 Å². The fourth-order valence-corrected chi connectivity index (χ4v) is 4.38. The van der Waals surface area contributed by atoms with E-state index in [9.17, 15) is 14.4 Å². The van der Waals surface area contributed by atoms with Crippen LogP contribution in [0.25, 0.3) is 0 Å². The summed E-state index contributed by atoms with van der Waals surface area (Å²) in [6, 6.07) is 3.75. The van der Waals surface area contributed by atoms with E-state index in [1.165, 1.54) is 0 Å². The van der Waals surface area contributed by atoms with E-state index in [4.69, 9.17) is 4.74 Å². The molecule has 0 N–H and O–H groups in total. The Morgan fingerprint density at radius 3 is 2.94 bits per heavy atom. The quantitative estimate of drug-likeness (QED) is 0.482. The van der Waals surface area contributed by atoms with Gasteiger partial charge < -0.3 is 14.5 Å². The molecule has 0 bridgehead atoms. The molecular formula is C23H27N5O4. The topological polar surface area (TPSA) is 97.6 Å². The first kappa shape index (κ1) is 21.7. The Bertz CT molecular complexity index is 1030. The first-order valence-corrected chi connectivity index (χ1v) is 10.8. The molecule has 2 aliphatic heterocycles. The molecule has 2 aliphatic rings. The number of hydrogen-bond acceptors (Lipinski definition) is 6. The molecule has 2 aromatic heterocycles. The predicted octanol–water partition coefficient (Wildman–Crippen LogP) is 1.57. The highest BCUT2D eigenvalue weighted by Crippen LogP contribution is 2.28. The monoisotopic (exact) mass is 437 g/mol. The molecule has 0 aromatic carbocycles. The summed E-state index contributed by atoms with van der Waals surface area (Å²) in [6.45, 7) is 7.87. The van der Waals surface area contributed by atoms with Crippen LogP contribution in [0.4, 0.5) is 0 Å². The summed E-state index contributed by atoms with van der Waals surface area (Å²) in [5, 5.41) is 4.43. The van der Waals surface area contributed by atoms with E-state index < -0.39 is 11.9 Å². The Kier molecular flexibility index (Phi) is 6.34. The minimum absolute atomic E-state index is 0.0316. The lowest BCUT2D eigenvalue weighted by Gasteiger charge is -2.30. The highest BCUT2D eigenvalue weighted by Gasteiger charge is 2.38. The van der Waals surface area contributed by atoms with Crippen molar-refractivity contribution in [1.82, 2.24) is 24.6 Å². The van der Waals surface area contributed by atoms with Crippen LogP contribution in [0, 0.1) is 5.92 Å². The van der Waals surface area contributed by atoms with Crippen molar-refractivity contribution in [2.24, 2.45) is 5.92 Å². The van der Waals surface area contributed by atoms with Gasteiger partial charge in [0.25, 0.3) is 0 Å². The molecule has 9 nitrogen and oxygen atoms in total. The number of aromatic nitrogens is 3. The van der Waals surface area contributed by atoms with Crippen molar-refractivity contribution in [3.05, 3.63) is 59.7 Å². The molecule has 0 radical (unpaired) electrons. The van der Waals surface area contributed by atoms with Crippen LogP contribution in [-0.4, -0.2) is 62.0 Å². The van der Waals surface area contributed by atoms with Crippen molar-refractivity contribution >= 4 is 17.8 Å². The van der Waals surface area contributed by atoms with E-state index in [0.29, 0.717) is 32.6 Å². The number of nitrogens with zero attached hydrogens (tertiary/aromatic N) is 5. The third-order valence-corrected chi connectivity index (χ3v) is 5.88. The van der Waals surface area contributed by atoms with Gasteiger partial charge in [0.1, 0.15) is 0 Å². The first-order chi connectivity index (χ1) is 15.5.